The molecule has 8 nitrogen and oxygen atoms in total. The van der Waals surface area contributed by atoms with Crippen LogP contribution >= 0.6 is 0 Å². The molecule has 0 aliphatic heterocycles. The predicted molar refractivity (Wildman–Crippen MR) is 102 cm³/mol. The molecule has 4 rings (SSSR count). The Kier molecular flexibility index (Phi) is 5.43. The summed E-state index contributed by atoms with van der Waals surface area (Å²) in [7, 11) is 1.85. The number of hydrogen-bond donors (Lipinski definition) is 2. The first kappa shape index (κ1) is 18.5. The molecule has 0 bridgehead atoms. The number of nitrogens with zero attached hydrogens (tertiary/aromatic N) is 3. The first-order chi connectivity index (χ1) is 13.0. The lowest BCUT2D eigenvalue weighted by molar-refractivity contribution is 0.112. The Labute approximate surface area is 157 Å². The van der Waals surface area contributed by atoms with Crippen LogP contribution in [0.1, 0.15) is 10.4 Å². The van der Waals surface area contributed by atoms with Crippen molar-refractivity contribution in [1.29, 1.82) is 0 Å². The molecule has 27 heavy (non-hydrogen) atoms. The van der Waals surface area contributed by atoms with Gasteiger partial charge in [-0.1, -0.05) is 18.2 Å². The monoisotopic (exact) mass is 382 g/mol. The Morgan fingerprint density at radius 3 is 2.56 bits per heavy atom. The van der Waals surface area contributed by atoms with Gasteiger partial charge in [0.1, 0.15) is 5.65 Å². The second kappa shape index (κ2) is 7.94. The molecule has 0 aliphatic rings. The van der Waals surface area contributed by atoms with Crippen molar-refractivity contribution in [2.45, 2.75) is 4.90 Å². The number of aldehydes is 1. The maximum absolute atomic E-state index is 11.1. The van der Waals surface area contributed by atoms with Crippen molar-refractivity contribution in [1.82, 2.24) is 19.7 Å². The minimum atomic E-state index is -2.08. The molecule has 3 N–H and O–H groups in total. The number of nitrogens with one attached hydrogen (secondary N) is 1. The normalized spacial score (nSPS) is 11.6. The summed E-state index contributed by atoms with van der Waals surface area (Å²) in [4.78, 5) is 18.7. The maximum atomic E-state index is 11.1. The SMILES string of the molecule is Cn1cc(-c2cc3c(C=O)c(N)cnc3[nH]2)cn1.O=S([O-])c1ccccc1. The average Bonchev–Trinajstić information content (AvgIpc) is 3.29. The number of nitrogens with two attached hydrogens (primary N) is 1. The lowest BCUT2D eigenvalue weighted by Crippen LogP contribution is -1.94. The van der Waals surface area contributed by atoms with Crippen LogP contribution in [0.4, 0.5) is 5.69 Å². The molecule has 1 atom stereocenters. The maximum Gasteiger partial charge on any atom is 0.152 e. The molecule has 138 valence electrons. The molecule has 0 amide bonds. The molecule has 3 aromatic heterocycles. The minimum Gasteiger partial charge on any atom is -0.768 e. The number of nitrogen functional groups attached to an aromatic ring is 1. The van der Waals surface area contributed by atoms with Crippen molar-refractivity contribution in [3.05, 3.63) is 60.6 Å². The minimum absolute atomic E-state index is 0.331. The topological polar surface area (TPSA) is 130 Å². The number of aromatic nitrogens is 4. The van der Waals surface area contributed by atoms with E-state index in [0.29, 0.717) is 21.8 Å². The quantitative estimate of drug-likeness (QED) is 0.413. The number of H-pyrrole nitrogens is 1. The summed E-state index contributed by atoms with van der Waals surface area (Å²) in [5.41, 5.74) is 9.01. The number of fused-ring (bicyclic) bond motifs is 1. The van der Waals surface area contributed by atoms with Crippen molar-refractivity contribution in [3.8, 4) is 11.3 Å². The second-order valence-electron chi connectivity index (χ2n) is 5.64. The van der Waals surface area contributed by atoms with Crippen LogP contribution in [-0.2, 0) is 18.1 Å². The molecule has 4 aromatic rings. The molecule has 1 unspecified atom stereocenters. The highest BCUT2D eigenvalue weighted by atomic mass is 32.2. The summed E-state index contributed by atoms with van der Waals surface area (Å²) in [5.74, 6) is 0. The standard InChI is InChI=1S/C12H11N5O.C6H6O2S/c1-17-5-7(3-15-17)11-2-8-9(6-18)10(13)4-14-12(8)16-11;7-9(8)6-4-2-1-3-5-6/h2-6H,13H2,1H3,(H,14,16);1-5H,(H,7,8)/p-1. The highest BCUT2D eigenvalue weighted by Gasteiger charge is 2.11. The highest BCUT2D eigenvalue weighted by molar-refractivity contribution is 7.79. The van der Waals surface area contributed by atoms with Gasteiger partial charge in [-0.3, -0.25) is 13.7 Å². The lowest BCUT2D eigenvalue weighted by atomic mass is 10.1. The van der Waals surface area contributed by atoms with Gasteiger partial charge in [-0.05, 0) is 29.3 Å². The molecule has 0 radical (unpaired) electrons. The van der Waals surface area contributed by atoms with Crippen LogP contribution in [0.5, 0.6) is 0 Å². The Hall–Kier alpha value is -3.30. The van der Waals surface area contributed by atoms with Gasteiger partial charge in [0.05, 0.1) is 23.8 Å². The Morgan fingerprint density at radius 2 is 2.00 bits per heavy atom. The summed E-state index contributed by atoms with van der Waals surface area (Å²) >= 11 is -2.08. The number of aromatic amines is 1. The number of aryl methyl sites for hydroxylation is 1. The first-order valence-electron chi connectivity index (χ1n) is 7.85. The number of anilines is 1. The van der Waals surface area contributed by atoms with Crippen LogP contribution in [0, 0.1) is 0 Å². The molecular weight excluding hydrogens is 366 g/mol. The molecule has 1 aromatic carbocycles. The Bertz CT molecular complexity index is 1100. The van der Waals surface area contributed by atoms with E-state index in [2.05, 4.69) is 15.1 Å². The summed E-state index contributed by atoms with van der Waals surface area (Å²) in [6.07, 6.45) is 5.86. The van der Waals surface area contributed by atoms with Gasteiger partial charge in [-0.25, -0.2) is 4.98 Å². The molecule has 0 fully saturated rings. The van der Waals surface area contributed by atoms with Crippen LogP contribution in [0.2, 0.25) is 0 Å². The zero-order chi connectivity index (χ0) is 19.4. The zero-order valence-electron chi connectivity index (χ0n) is 14.3. The molecule has 0 spiro atoms. The van der Waals surface area contributed by atoms with E-state index in [1.807, 2.05) is 19.3 Å². The van der Waals surface area contributed by atoms with Crippen LogP contribution < -0.4 is 5.73 Å². The van der Waals surface area contributed by atoms with Crippen molar-refractivity contribution in [3.63, 3.8) is 0 Å². The van der Waals surface area contributed by atoms with Crippen LogP contribution in [-0.4, -0.2) is 34.8 Å². The molecule has 0 aliphatic carbocycles. The summed E-state index contributed by atoms with van der Waals surface area (Å²) in [6.45, 7) is 0. The van der Waals surface area contributed by atoms with E-state index in [0.717, 1.165) is 22.9 Å². The number of pyridine rings is 1. The summed E-state index contributed by atoms with van der Waals surface area (Å²) in [5, 5.41) is 4.83. The number of carbonyl (C=O) groups excluding carboxylic acids is 1. The van der Waals surface area contributed by atoms with Gasteiger partial charge in [-0.2, -0.15) is 5.10 Å². The van der Waals surface area contributed by atoms with Gasteiger partial charge in [0.15, 0.2) is 6.29 Å². The molecule has 9 heteroatoms. The van der Waals surface area contributed by atoms with E-state index in [4.69, 9.17) is 5.73 Å². The fourth-order valence-electron chi connectivity index (χ4n) is 2.49. The Balaban J connectivity index is 0.000000197. The van der Waals surface area contributed by atoms with Gasteiger partial charge >= 0.3 is 0 Å². The largest absolute Gasteiger partial charge is 0.768 e. The fourth-order valence-corrected chi connectivity index (χ4v) is 2.87. The number of carbonyl (C=O) groups is 1. The third kappa shape index (κ3) is 4.10. The van der Waals surface area contributed by atoms with Crippen molar-refractivity contribution < 1.29 is 13.6 Å². The average molecular weight is 382 g/mol. The van der Waals surface area contributed by atoms with Gasteiger partial charge in [-0.15, -0.1) is 0 Å². The smallest absolute Gasteiger partial charge is 0.152 e. The third-order valence-corrected chi connectivity index (χ3v) is 4.46. The highest BCUT2D eigenvalue weighted by Crippen LogP contribution is 2.26. The van der Waals surface area contributed by atoms with Crippen LogP contribution in [0.3, 0.4) is 0 Å². The van der Waals surface area contributed by atoms with E-state index in [1.54, 1.807) is 41.2 Å². The number of hydrogen-bond acceptors (Lipinski definition) is 6. The second-order valence-corrected chi connectivity index (χ2v) is 6.58. The van der Waals surface area contributed by atoms with E-state index in [1.165, 1.54) is 6.20 Å². The summed E-state index contributed by atoms with van der Waals surface area (Å²) in [6, 6.07) is 10.1. The number of rotatable bonds is 3. The van der Waals surface area contributed by atoms with Gasteiger partial charge in [0.25, 0.3) is 0 Å². The van der Waals surface area contributed by atoms with Crippen molar-refractivity contribution in [2.24, 2.45) is 7.05 Å². The summed E-state index contributed by atoms with van der Waals surface area (Å²) < 4.78 is 22.1. The van der Waals surface area contributed by atoms with Crippen molar-refractivity contribution >= 4 is 34.1 Å². The third-order valence-electron chi connectivity index (χ3n) is 3.80. The van der Waals surface area contributed by atoms with Gasteiger partial charge in [0, 0.05) is 34.7 Å². The van der Waals surface area contributed by atoms with E-state index in [9.17, 15) is 13.6 Å². The van der Waals surface area contributed by atoms with Gasteiger partial charge < -0.3 is 15.3 Å². The fraction of sp³-hybridized carbons (Fsp3) is 0.0556. The molecule has 0 saturated carbocycles. The van der Waals surface area contributed by atoms with E-state index >= 15 is 0 Å². The van der Waals surface area contributed by atoms with Crippen LogP contribution in [0.15, 0.2) is 59.9 Å². The van der Waals surface area contributed by atoms with Gasteiger partial charge in [0.2, 0.25) is 0 Å². The molecular formula is C18H16N5O3S-. The Morgan fingerprint density at radius 1 is 1.26 bits per heavy atom. The molecule has 3 heterocycles. The molecule has 0 saturated heterocycles. The first-order valence-corrected chi connectivity index (χ1v) is 8.92. The van der Waals surface area contributed by atoms with Crippen LogP contribution in [0.25, 0.3) is 22.3 Å². The van der Waals surface area contributed by atoms with E-state index in [-0.39, 0.29) is 0 Å². The zero-order valence-corrected chi connectivity index (χ0v) is 15.1. The predicted octanol–water partition coefficient (Wildman–Crippen LogP) is 2.28. The lowest BCUT2D eigenvalue weighted by Gasteiger charge is -2.01. The van der Waals surface area contributed by atoms with Crippen molar-refractivity contribution in [2.75, 3.05) is 5.73 Å². The number of benzene rings is 1. The van der Waals surface area contributed by atoms with E-state index < -0.39 is 11.1 Å².